The molecule has 0 saturated heterocycles. The van der Waals surface area contributed by atoms with E-state index in [4.69, 9.17) is 16.0 Å². The van der Waals surface area contributed by atoms with E-state index in [-0.39, 0.29) is 6.54 Å². The predicted octanol–water partition coefficient (Wildman–Crippen LogP) is 2.49. The molecule has 0 atom stereocenters. The fourth-order valence-electron chi connectivity index (χ4n) is 1.21. The van der Waals surface area contributed by atoms with Crippen molar-refractivity contribution in [1.82, 2.24) is 5.32 Å². The number of ketones is 1. The second-order valence-electron chi connectivity index (χ2n) is 3.19. The number of halogens is 1. The lowest BCUT2D eigenvalue weighted by Crippen LogP contribution is -2.29. The van der Waals surface area contributed by atoms with Crippen molar-refractivity contribution < 1.29 is 14.0 Å². The average Bonchev–Trinajstić information content (AvgIpc) is 2.95. The largest absolute Gasteiger partial charge is 0.467 e. The summed E-state index contributed by atoms with van der Waals surface area (Å²) in [5.74, 6) is -0.663. The molecule has 2 aromatic heterocycles. The third kappa shape index (κ3) is 2.95. The Balaban J connectivity index is 1.94. The van der Waals surface area contributed by atoms with E-state index in [0.717, 1.165) is 11.3 Å². The van der Waals surface area contributed by atoms with Gasteiger partial charge >= 0.3 is 0 Å². The Kier molecular flexibility index (Phi) is 3.61. The molecular formula is C11H8ClNO3S. The normalized spacial score (nSPS) is 10.2. The molecule has 0 saturated carbocycles. The highest BCUT2D eigenvalue weighted by Crippen LogP contribution is 2.21. The second kappa shape index (κ2) is 5.16. The number of furan rings is 1. The van der Waals surface area contributed by atoms with Gasteiger partial charge in [0.15, 0.2) is 0 Å². The van der Waals surface area contributed by atoms with Gasteiger partial charge in [0.25, 0.3) is 11.7 Å². The number of carbonyl (C=O) groups is 2. The topological polar surface area (TPSA) is 59.3 Å². The summed E-state index contributed by atoms with van der Waals surface area (Å²) in [6, 6.07) is 6.54. The lowest BCUT2D eigenvalue weighted by molar-refractivity contribution is -0.117. The SMILES string of the molecule is O=C(NCc1ccco1)C(=O)c1ccc(Cl)s1. The van der Waals surface area contributed by atoms with Crippen LogP contribution in [-0.4, -0.2) is 11.7 Å². The number of carbonyl (C=O) groups excluding carboxylic acids is 2. The van der Waals surface area contributed by atoms with Gasteiger partial charge in [0.2, 0.25) is 0 Å². The van der Waals surface area contributed by atoms with Gasteiger partial charge in [0, 0.05) is 0 Å². The Bertz CT molecular complexity index is 533. The van der Waals surface area contributed by atoms with E-state index in [2.05, 4.69) is 5.32 Å². The number of amides is 1. The minimum atomic E-state index is -0.667. The fourth-order valence-corrected chi connectivity index (χ4v) is 2.19. The van der Waals surface area contributed by atoms with Gasteiger partial charge in [-0.2, -0.15) is 0 Å². The van der Waals surface area contributed by atoms with Crippen LogP contribution in [0.25, 0.3) is 0 Å². The third-order valence-electron chi connectivity index (χ3n) is 2.01. The van der Waals surface area contributed by atoms with E-state index in [1.165, 1.54) is 12.3 Å². The van der Waals surface area contributed by atoms with Crippen molar-refractivity contribution in [2.24, 2.45) is 0 Å². The molecule has 0 spiro atoms. The van der Waals surface area contributed by atoms with Crippen LogP contribution in [0.15, 0.2) is 34.9 Å². The maximum absolute atomic E-state index is 11.6. The molecule has 0 aliphatic heterocycles. The maximum atomic E-state index is 11.6. The van der Waals surface area contributed by atoms with Crippen LogP contribution in [0.4, 0.5) is 0 Å². The molecule has 88 valence electrons. The van der Waals surface area contributed by atoms with Crippen LogP contribution in [0.3, 0.4) is 0 Å². The molecular weight excluding hydrogens is 262 g/mol. The lowest BCUT2D eigenvalue weighted by atomic mass is 10.3. The van der Waals surface area contributed by atoms with Crippen LogP contribution in [0.5, 0.6) is 0 Å². The Hall–Kier alpha value is -1.59. The molecule has 2 rings (SSSR count). The zero-order chi connectivity index (χ0) is 12.3. The van der Waals surface area contributed by atoms with Crippen molar-refractivity contribution in [3.63, 3.8) is 0 Å². The number of nitrogens with one attached hydrogen (secondary N) is 1. The molecule has 6 heteroatoms. The van der Waals surface area contributed by atoms with Gasteiger partial charge in [-0.3, -0.25) is 9.59 Å². The highest BCUT2D eigenvalue weighted by atomic mass is 35.5. The molecule has 4 nitrogen and oxygen atoms in total. The van der Waals surface area contributed by atoms with Crippen molar-refractivity contribution in [3.8, 4) is 0 Å². The number of rotatable bonds is 4. The van der Waals surface area contributed by atoms with E-state index in [0.29, 0.717) is 15.0 Å². The molecule has 0 fully saturated rings. The molecule has 1 N–H and O–H groups in total. The average molecular weight is 270 g/mol. The van der Waals surface area contributed by atoms with E-state index in [1.807, 2.05) is 0 Å². The standard InChI is InChI=1S/C11H8ClNO3S/c12-9-4-3-8(17-9)10(14)11(15)13-6-7-2-1-5-16-7/h1-5H,6H2,(H,13,15). The Morgan fingerprint density at radius 2 is 2.18 bits per heavy atom. The molecule has 0 unspecified atom stereocenters. The van der Waals surface area contributed by atoms with Crippen molar-refractivity contribution in [1.29, 1.82) is 0 Å². The van der Waals surface area contributed by atoms with Crippen molar-refractivity contribution >= 4 is 34.6 Å². The second-order valence-corrected chi connectivity index (χ2v) is 4.91. The van der Waals surface area contributed by atoms with E-state index in [1.54, 1.807) is 18.2 Å². The van der Waals surface area contributed by atoms with Crippen LogP contribution in [0.2, 0.25) is 4.34 Å². The van der Waals surface area contributed by atoms with E-state index >= 15 is 0 Å². The molecule has 0 aromatic carbocycles. The number of hydrogen-bond donors (Lipinski definition) is 1. The van der Waals surface area contributed by atoms with Crippen LogP contribution in [-0.2, 0) is 11.3 Å². The van der Waals surface area contributed by atoms with Crippen molar-refractivity contribution in [2.45, 2.75) is 6.54 Å². The molecule has 17 heavy (non-hydrogen) atoms. The number of thiophene rings is 1. The Morgan fingerprint density at radius 3 is 2.76 bits per heavy atom. The molecule has 0 aliphatic carbocycles. The summed E-state index contributed by atoms with van der Waals surface area (Å²) in [6.45, 7) is 0.191. The van der Waals surface area contributed by atoms with Gasteiger partial charge in [-0.25, -0.2) is 0 Å². The van der Waals surface area contributed by atoms with Gasteiger partial charge < -0.3 is 9.73 Å². The van der Waals surface area contributed by atoms with Crippen LogP contribution < -0.4 is 5.32 Å². The lowest BCUT2D eigenvalue weighted by Gasteiger charge is -2.00. The summed E-state index contributed by atoms with van der Waals surface area (Å²) in [7, 11) is 0. The molecule has 0 aliphatic rings. The summed E-state index contributed by atoms with van der Waals surface area (Å²) in [4.78, 5) is 23.5. The molecule has 0 radical (unpaired) electrons. The quantitative estimate of drug-likeness (QED) is 0.685. The fraction of sp³-hybridized carbons (Fsp3) is 0.0909. The van der Waals surface area contributed by atoms with Gasteiger partial charge in [0.05, 0.1) is 22.0 Å². The molecule has 0 bridgehead atoms. The van der Waals surface area contributed by atoms with E-state index in [9.17, 15) is 9.59 Å². The zero-order valence-corrected chi connectivity index (χ0v) is 10.2. The monoisotopic (exact) mass is 269 g/mol. The van der Waals surface area contributed by atoms with Crippen LogP contribution >= 0.6 is 22.9 Å². The molecule has 2 aromatic rings. The first-order valence-corrected chi connectivity index (χ1v) is 5.96. The highest BCUT2D eigenvalue weighted by molar-refractivity contribution is 7.18. The van der Waals surface area contributed by atoms with Gasteiger partial charge in [-0.1, -0.05) is 11.6 Å². The van der Waals surface area contributed by atoms with Gasteiger partial charge in [0.1, 0.15) is 5.76 Å². The summed E-state index contributed by atoms with van der Waals surface area (Å²) in [5.41, 5.74) is 0. The number of Topliss-reactive ketones (excluding diaryl/α,β-unsaturated/α-hetero) is 1. The highest BCUT2D eigenvalue weighted by Gasteiger charge is 2.17. The summed E-state index contributed by atoms with van der Waals surface area (Å²) in [5, 5.41) is 2.47. The van der Waals surface area contributed by atoms with E-state index < -0.39 is 11.7 Å². The summed E-state index contributed by atoms with van der Waals surface area (Å²) in [6.07, 6.45) is 1.50. The zero-order valence-electron chi connectivity index (χ0n) is 8.60. The van der Waals surface area contributed by atoms with Crippen LogP contribution in [0, 0.1) is 0 Å². The van der Waals surface area contributed by atoms with Crippen molar-refractivity contribution in [3.05, 3.63) is 45.5 Å². The number of hydrogen-bond acceptors (Lipinski definition) is 4. The minimum Gasteiger partial charge on any atom is -0.467 e. The first-order valence-electron chi connectivity index (χ1n) is 4.77. The maximum Gasteiger partial charge on any atom is 0.293 e. The first kappa shape index (κ1) is 11.9. The smallest absolute Gasteiger partial charge is 0.293 e. The Labute approximate surface area is 106 Å². The van der Waals surface area contributed by atoms with Crippen LogP contribution in [0.1, 0.15) is 15.4 Å². The summed E-state index contributed by atoms with van der Waals surface area (Å²) >= 11 is 6.77. The van der Waals surface area contributed by atoms with Crippen molar-refractivity contribution in [2.75, 3.05) is 0 Å². The minimum absolute atomic E-state index is 0.191. The molecule has 2 heterocycles. The predicted molar refractivity (Wildman–Crippen MR) is 64.2 cm³/mol. The first-order chi connectivity index (χ1) is 8.16. The summed E-state index contributed by atoms with van der Waals surface area (Å²) < 4.78 is 5.51. The van der Waals surface area contributed by atoms with Gasteiger partial charge in [-0.05, 0) is 24.3 Å². The molecule has 1 amide bonds. The third-order valence-corrected chi connectivity index (χ3v) is 3.24. The Morgan fingerprint density at radius 1 is 1.35 bits per heavy atom. The van der Waals surface area contributed by atoms with Gasteiger partial charge in [-0.15, -0.1) is 11.3 Å².